The van der Waals surface area contributed by atoms with Crippen molar-refractivity contribution in [1.29, 1.82) is 0 Å². The van der Waals surface area contributed by atoms with Crippen LogP contribution in [0.2, 0.25) is 0 Å². The van der Waals surface area contributed by atoms with Gasteiger partial charge in [0.15, 0.2) is 6.10 Å². The third-order valence-electron chi connectivity index (χ3n) is 1.73. The van der Waals surface area contributed by atoms with Crippen LogP contribution in [0.1, 0.15) is 12.8 Å². The van der Waals surface area contributed by atoms with Gasteiger partial charge in [0, 0.05) is 4.91 Å². The smallest absolute Gasteiger partial charge is 0.332 e. The zero-order valence-electron chi connectivity index (χ0n) is 6.38. The molecule has 6 heteroatoms. The summed E-state index contributed by atoms with van der Waals surface area (Å²) in [4.78, 5) is 13.0. The van der Waals surface area contributed by atoms with E-state index >= 15 is 0 Å². The highest BCUT2D eigenvalue weighted by Crippen LogP contribution is 2.19. The molecule has 1 aliphatic heterocycles. The summed E-state index contributed by atoms with van der Waals surface area (Å²) < 4.78 is 5.06. The van der Waals surface area contributed by atoms with Crippen LogP contribution in [0.3, 0.4) is 0 Å². The normalized spacial score (nSPS) is 28.0. The monoisotopic (exact) mass is 171 g/mol. The van der Waals surface area contributed by atoms with Crippen molar-refractivity contribution in [3.63, 3.8) is 0 Å². The second-order valence-corrected chi connectivity index (χ2v) is 2.58. The van der Waals surface area contributed by atoms with Crippen LogP contribution in [0, 0.1) is 0 Å². The number of carboxylic acids is 1. The van der Waals surface area contributed by atoms with E-state index in [2.05, 4.69) is 10.0 Å². The van der Waals surface area contributed by atoms with Crippen molar-refractivity contribution in [2.45, 2.75) is 25.0 Å². The second kappa shape index (κ2) is 3.94. The largest absolute Gasteiger partial charge is 0.479 e. The van der Waals surface area contributed by atoms with Crippen LogP contribution >= 0.6 is 0 Å². The number of hydrogen-bond donors (Lipinski definition) is 1. The van der Waals surface area contributed by atoms with Gasteiger partial charge in [0.1, 0.15) is 0 Å². The summed E-state index contributed by atoms with van der Waals surface area (Å²) in [5, 5.41) is 11.8. The fourth-order valence-electron chi connectivity index (χ4n) is 1.15. The molecule has 1 rings (SSSR count). The van der Waals surface area contributed by atoms with Gasteiger partial charge in [-0.05, 0) is 18.4 Å². The van der Waals surface area contributed by atoms with Gasteiger partial charge in [0.2, 0.25) is 0 Å². The number of azide groups is 1. The molecule has 1 fully saturated rings. The number of carbonyl (C=O) groups is 1. The first-order valence-electron chi connectivity index (χ1n) is 3.63. The highest BCUT2D eigenvalue weighted by atomic mass is 16.5. The van der Waals surface area contributed by atoms with E-state index in [4.69, 9.17) is 15.4 Å². The molecule has 6 nitrogen and oxygen atoms in total. The standard InChI is InChI=1S/C6H9N3O3/c7-9-8-3-4-1-2-5(12-4)6(10)11/h4-5H,1-3H2,(H,10,11)/t4-,5-/m0/s1. The Morgan fingerprint density at radius 3 is 3.00 bits per heavy atom. The summed E-state index contributed by atoms with van der Waals surface area (Å²) in [6, 6.07) is 0. The van der Waals surface area contributed by atoms with Gasteiger partial charge in [-0.25, -0.2) is 4.79 Å². The van der Waals surface area contributed by atoms with Crippen molar-refractivity contribution in [1.82, 2.24) is 0 Å². The van der Waals surface area contributed by atoms with E-state index in [0.717, 1.165) is 0 Å². The maximum Gasteiger partial charge on any atom is 0.332 e. The Morgan fingerprint density at radius 1 is 1.75 bits per heavy atom. The average Bonchev–Trinajstić information content (AvgIpc) is 2.48. The van der Waals surface area contributed by atoms with Crippen LogP contribution in [-0.2, 0) is 9.53 Å². The Balaban J connectivity index is 2.35. The van der Waals surface area contributed by atoms with E-state index in [1.807, 2.05) is 0 Å². The molecule has 0 aliphatic carbocycles. The predicted molar refractivity (Wildman–Crippen MR) is 39.5 cm³/mol. The van der Waals surface area contributed by atoms with Crippen molar-refractivity contribution < 1.29 is 14.6 Å². The van der Waals surface area contributed by atoms with Gasteiger partial charge in [0.25, 0.3) is 0 Å². The Kier molecular flexibility index (Phi) is 2.90. The topological polar surface area (TPSA) is 95.3 Å². The lowest BCUT2D eigenvalue weighted by Crippen LogP contribution is -2.21. The van der Waals surface area contributed by atoms with Crippen molar-refractivity contribution in [2.75, 3.05) is 6.54 Å². The van der Waals surface area contributed by atoms with Gasteiger partial charge in [-0.15, -0.1) is 0 Å². The SMILES string of the molecule is [N-]=[N+]=NC[C@@H]1CC[C@@H](C(=O)O)O1. The summed E-state index contributed by atoms with van der Waals surface area (Å²) >= 11 is 0. The molecule has 1 heterocycles. The fraction of sp³-hybridized carbons (Fsp3) is 0.833. The summed E-state index contributed by atoms with van der Waals surface area (Å²) in [6.07, 6.45) is 0.211. The molecule has 1 saturated heterocycles. The lowest BCUT2D eigenvalue weighted by Gasteiger charge is -2.06. The fourth-order valence-corrected chi connectivity index (χ4v) is 1.15. The van der Waals surface area contributed by atoms with Crippen LogP contribution in [-0.4, -0.2) is 29.8 Å². The van der Waals surface area contributed by atoms with Gasteiger partial charge >= 0.3 is 5.97 Å². The Hall–Kier alpha value is -1.26. The molecule has 0 unspecified atom stereocenters. The van der Waals surface area contributed by atoms with Crippen molar-refractivity contribution >= 4 is 5.97 Å². The third kappa shape index (κ3) is 2.11. The molecular formula is C6H9N3O3. The van der Waals surface area contributed by atoms with E-state index in [1.165, 1.54) is 0 Å². The van der Waals surface area contributed by atoms with E-state index in [1.54, 1.807) is 0 Å². The summed E-state index contributed by atoms with van der Waals surface area (Å²) in [5.74, 6) is -0.946. The minimum Gasteiger partial charge on any atom is -0.479 e. The number of carboxylic acid groups (broad SMARTS) is 1. The van der Waals surface area contributed by atoms with Crippen molar-refractivity contribution in [2.24, 2.45) is 5.11 Å². The molecule has 66 valence electrons. The van der Waals surface area contributed by atoms with Crippen LogP contribution in [0.15, 0.2) is 5.11 Å². The molecular weight excluding hydrogens is 162 g/mol. The van der Waals surface area contributed by atoms with Gasteiger partial charge in [0.05, 0.1) is 12.6 Å². The molecule has 0 spiro atoms. The first-order chi connectivity index (χ1) is 5.74. The molecule has 0 radical (unpaired) electrons. The van der Waals surface area contributed by atoms with Crippen LogP contribution < -0.4 is 0 Å². The minimum atomic E-state index is -0.946. The van der Waals surface area contributed by atoms with Gasteiger partial charge in [-0.2, -0.15) is 0 Å². The number of nitrogens with zero attached hydrogens (tertiary/aromatic N) is 3. The number of aliphatic carboxylic acids is 1. The van der Waals surface area contributed by atoms with Gasteiger partial charge in [-0.1, -0.05) is 5.11 Å². The number of ether oxygens (including phenoxy) is 1. The molecule has 0 aromatic rings. The molecule has 0 amide bonds. The van der Waals surface area contributed by atoms with E-state index in [0.29, 0.717) is 12.8 Å². The average molecular weight is 171 g/mol. The maximum absolute atomic E-state index is 10.4. The zero-order chi connectivity index (χ0) is 8.97. The van der Waals surface area contributed by atoms with Gasteiger partial charge in [-0.3, -0.25) is 0 Å². The van der Waals surface area contributed by atoms with E-state index in [9.17, 15) is 4.79 Å². The number of hydrogen-bond acceptors (Lipinski definition) is 3. The van der Waals surface area contributed by atoms with E-state index in [-0.39, 0.29) is 12.6 Å². The third-order valence-corrected chi connectivity index (χ3v) is 1.73. The Labute approximate surface area is 68.8 Å². The summed E-state index contributed by atoms with van der Waals surface area (Å²) in [5.41, 5.74) is 7.99. The second-order valence-electron chi connectivity index (χ2n) is 2.58. The van der Waals surface area contributed by atoms with Crippen LogP contribution in [0.25, 0.3) is 10.4 Å². The zero-order valence-corrected chi connectivity index (χ0v) is 6.38. The first-order valence-corrected chi connectivity index (χ1v) is 3.63. The van der Waals surface area contributed by atoms with Crippen LogP contribution in [0.4, 0.5) is 0 Å². The maximum atomic E-state index is 10.4. The van der Waals surface area contributed by atoms with E-state index < -0.39 is 12.1 Å². The van der Waals surface area contributed by atoms with Crippen molar-refractivity contribution in [3.8, 4) is 0 Å². The highest BCUT2D eigenvalue weighted by Gasteiger charge is 2.29. The molecule has 1 aliphatic rings. The number of rotatable bonds is 3. The molecule has 2 atom stereocenters. The Bertz CT molecular complexity index is 224. The van der Waals surface area contributed by atoms with Crippen molar-refractivity contribution in [3.05, 3.63) is 10.4 Å². The molecule has 0 bridgehead atoms. The Morgan fingerprint density at radius 2 is 2.50 bits per heavy atom. The summed E-state index contributed by atoms with van der Waals surface area (Å²) in [7, 11) is 0. The lowest BCUT2D eigenvalue weighted by molar-refractivity contribution is -0.149. The molecule has 0 aromatic heterocycles. The van der Waals surface area contributed by atoms with Crippen LogP contribution in [0.5, 0.6) is 0 Å². The molecule has 0 aromatic carbocycles. The lowest BCUT2D eigenvalue weighted by atomic mass is 10.2. The summed E-state index contributed by atoms with van der Waals surface area (Å²) in [6.45, 7) is 0.222. The molecule has 1 N–H and O–H groups in total. The molecule has 12 heavy (non-hydrogen) atoms. The highest BCUT2D eigenvalue weighted by molar-refractivity contribution is 5.72. The predicted octanol–water partition coefficient (Wildman–Crippen LogP) is 0.929. The van der Waals surface area contributed by atoms with Gasteiger partial charge < -0.3 is 9.84 Å². The quantitative estimate of drug-likeness (QED) is 0.388. The molecule has 0 saturated carbocycles. The minimum absolute atomic E-state index is 0.220. The first kappa shape index (κ1) is 8.83.